The smallest absolute Gasteiger partial charge is 0.254 e. The van der Waals surface area contributed by atoms with Crippen molar-refractivity contribution in [2.75, 3.05) is 10.3 Å². The van der Waals surface area contributed by atoms with E-state index in [2.05, 4.69) is 5.43 Å². The molecule has 4 unspecified atom stereocenters. The molecule has 0 bridgehead atoms. The van der Waals surface area contributed by atoms with Gasteiger partial charge >= 0.3 is 0 Å². The van der Waals surface area contributed by atoms with Gasteiger partial charge < -0.3 is 10.5 Å². The summed E-state index contributed by atoms with van der Waals surface area (Å²) in [5.41, 5.74) is 4.75. The molecule has 0 saturated carbocycles. The van der Waals surface area contributed by atoms with Crippen LogP contribution in [0.5, 0.6) is 0 Å². The molecule has 1 fully saturated rings. The Morgan fingerprint density at radius 2 is 1.51 bits per heavy atom. The molecule has 7 heteroatoms. The van der Waals surface area contributed by atoms with E-state index in [9.17, 15) is 19.1 Å². The number of nitrogens with one attached hydrogen (secondary N) is 1. The Bertz CT molecular complexity index is 1230. The third-order valence-electron chi connectivity index (χ3n) is 6.56. The van der Waals surface area contributed by atoms with Crippen LogP contribution in [0.3, 0.4) is 0 Å². The summed E-state index contributed by atoms with van der Waals surface area (Å²) in [6.45, 7) is 0. The summed E-state index contributed by atoms with van der Waals surface area (Å²) in [5, 5.41) is 12.7. The predicted molar refractivity (Wildman–Crippen MR) is 132 cm³/mol. The summed E-state index contributed by atoms with van der Waals surface area (Å²) >= 11 is 0. The molecule has 0 radical (unpaired) electrons. The minimum absolute atomic E-state index is 0.167. The van der Waals surface area contributed by atoms with Crippen LogP contribution in [0.15, 0.2) is 97.1 Å². The number of carbonyl (C=O) groups is 2. The Morgan fingerprint density at radius 1 is 0.857 bits per heavy atom. The van der Waals surface area contributed by atoms with Gasteiger partial charge in [0.05, 0.1) is 29.4 Å². The largest absolute Gasteiger partial charge is 0.391 e. The van der Waals surface area contributed by atoms with E-state index in [1.807, 2.05) is 36.4 Å². The van der Waals surface area contributed by atoms with Gasteiger partial charge in [0.1, 0.15) is 11.9 Å². The number of aryl methyl sites for hydroxylation is 1. The number of hydrazine groups is 1. The fraction of sp³-hybridized carbons (Fsp3) is 0.214. The Kier molecular flexibility index (Phi) is 6.44. The number of nitrogens with zero attached hydrogens (tertiary/aromatic N) is 2. The standard InChI is InChI=1S/C28H26FN3O3/c29-22-13-7-8-14-23(22)30-32-24(25(33)18-15-19-9-3-1-4-10-19)17-16-21-26(32)28(35)31(27(21)34)20-11-5-2-6-12-20/h1-14,16-17,21,24-26,30,33H,15,18H2. The first-order chi connectivity index (χ1) is 17.0. The Labute approximate surface area is 203 Å². The monoisotopic (exact) mass is 471 g/mol. The van der Waals surface area contributed by atoms with Gasteiger partial charge in [-0.1, -0.05) is 72.8 Å². The minimum atomic E-state index is -0.927. The van der Waals surface area contributed by atoms with Gasteiger partial charge in [0.25, 0.3) is 5.91 Å². The molecule has 1 saturated heterocycles. The fourth-order valence-corrected chi connectivity index (χ4v) is 4.78. The zero-order valence-electron chi connectivity index (χ0n) is 19.0. The van der Waals surface area contributed by atoms with Gasteiger partial charge in [-0.25, -0.2) is 14.3 Å². The Morgan fingerprint density at radius 3 is 2.23 bits per heavy atom. The highest BCUT2D eigenvalue weighted by molar-refractivity contribution is 6.24. The highest BCUT2D eigenvalue weighted by Gasteiger charge is 2.54. The van der Waals surface area contributed by atoms with Gasteiger partial charge in [0.2, 0.25) is 5.91 Å². The van der Waals surface area contributed by atoms with Crippen LogP contribution >= 0.6 is 0 Å². The van der Waals surface area contributed by atoms with Gasteiger partial charge in [-0.05, 0) is 42.7 Å². The molecule has 35 heavy (non-hydrogen) atoms. The summed E-state index contributed by atoms with van der Waals surface area (Å²) in [4.78, 5) is 28.0. The lowest BCUT2D eigenvalue weighted by Gasteiger charge is -2.40. The van der Waals surface area contributed by atoms with Gasteiger partial charge in [0, 0.05) is 0 Å². The SMILES string of the molecule is O=C1C2C=CC(C(O)CCc3ccccc3)N(Nc3ccccc3F)C2C(=O)N1c1ccccc1. The lowest BCUT2D eigenvalue weighted by molar-refractivity contribution is -0.123. The van der Waals surface area contributed by atoms with E-state index in [0.29, 0.717) is 18.5 Å². The van der Waals surface area contributed by atoms with E-state index in [4.69, 9.17) is 0 Å². The van der Waals surface area contributed by atoms with Crippen molar-refractivity contribution < 1.29 is 19.1 Å². The van der Waals surface area contributed by atoms with Crippen molar-refractivity contribution in [3.8, 4) is 0 Å². The number of carbonyl (C=O) groups excluding carboxylic acids is 2. The molecular formula is C28H26FN3O3. The normalized spacial score (nSPS) is 22.8. The topological polar surface area (TPSA) is 72.9 Å². The van der Waals surface area contributed by atoms with Crippen LogP contribution in [0.4, 0.5) is 15.8 Å². The number of amides is 2. The molecule has 0 spiro atoms. The second-order valence-corrected chi connectivity index (χ2v) is 8.78. The van der Waals surface area contributed by atoms with E-state index < -0.39 is 35.8 Å². The molecule has 178 valence electrons. The van der Waals surface area contributed by atoms with Crippen molar-refractivity contribution in [3.05, 3.63) is 108 Å². The lowest BCUT2D eigenvalue weighted by atomic mass is 9.91. The van der Waals surface area contributed by atoms with Gasteiger partial charge in [-0.2, -0.15) is 0 Å². The zero-order valence-corrected chi connectivity index (χ0v) is 19.0. The molecule has 5 rings (SSSR count). The number of hydrogen-bond donors (Lipinski definition) is 2. The molecule has 2 aliphatic rings. The predicted octanol–water partition coefficient (Wildman–Crippen LogP) is 3.94. The minimum Gasteiger partial charge on any atom is -0.391 e. The van der Waals surface area contributed by atoms with Crippen LogP contribution < -0.4 is 10.3 Å². The van der Waals surface area contributed by atoms with Crippen LogP contribution in [0.2, 0.25) is 0 Å². The van der Waals surface area contributed by atoms with Crippen LogP contribution in [0.25, 0.3) is 0 Å². The molecule has 2 amide bonds. The quantitative estimate of drug-likeness (QED) is 0.403. The first-order valence-corrected chi connectivity index (χ1v) is 11.7. The van der Waals surface area contributed by atoms with E-state index in [0.717, 1.165) is 5.56 Å². The first-order valence-electron chi connectivity index (χ1n) is 11.7. The lowest BCUT2D eigenvalue weighted by Crippen LogP contribution is -2.57. The zero-order chi connectivity index (χ0) is 24.4. The number of rotatable bonds is 7. The second kappa shape index (κ2) is 9.82. The van der Waals surface area contributed by atoms with Crippen molar-refractivity contribution in [2.24, 2.45) is 5.92 Å². The van der Waals surface area contributed by atoms with E-state index >= 15 is 0 Å². The molecule has 0 aliphatic carbocycles. The summed E-state index contributed by atoms with van der Waals surface area (Å²) < 4.78 is 14.6. The number of halogens is 1. The van der Waals surface area contributed by atoms with E-state index in [1.165, 1.54) is 11.0 Å². The molecule has 2 aliphatic heterocycles. The third kappa shape index (κ3) is 4.48. The van der Waals surface area contributed by atoms with Crippen molar-refractivity contribution in [3.63, 3.8) is 0 Å². The molecule has 4 atom stereocenters. The maximum Gasteiger partial charge on any atom is 0.254 e. The van der Waals surface area contributed by atoms with Crippen molar-refractivity contribution >= 4 is 23.2 Å². The van der Waals surface area contributed by atoms with Crippen LogP contribution in [-0.4, -0.2) is 40.1 Å². The van der Waals surface area contributed by atoms with Crippen molar-refractivity contribution in [1.82, 2.24) is 5.01 Å². The van der Waals surface area contributed by atoms with Crippen LogP contribution in [-0.2, 0) is 16.0 Å². The summed E-state index contributed by atoms with van der Waals surface area (Å²) in [7, 11) is 0. The number of aliphatic hydroxyl groups excluding tert-OH is 1. The summed E-state index contributed by atoms with van der Waals surface area (Å²) in [5.74, 6) is -2.01. The van der Waals surface area contributed by atoms with Gasteiger partial charge in [-0.3, -0.25) is 9.59 Å². The van der Waals surface area contributed by atoms with Gasteiger partial charge in [-0.15, -0.1) is 0 Å². The fourth-order valence-electron chi connectivity index (χ4n) is 4.78. The summed E-state index contributed by atoms with van der Waals surface area (Å²) in [6, 6.07) is 23.1. The number of imide groups is 1. The number of hydrogen-bond acceptors (Lipinski definition) is 5. The number of anilines is 2. The first kappa shape index (κ1) is 23.0. The number of benzene rings is 3. The number of para-hydroxylation sites is 2. The van der Waals surface area contributed by atoms with Crippen molar-refractivity contribution in [1.29, 1.82) is 0 Å². The van der Waals surface area contributed by atoms with Crippen LogP contribution in [0, 0.1) is 11.7 Å². The van der Waals surface area contributed by atoms with E-state index in [-0.39, 0.29) is 11.6 Å². The number of aliphatic hydroxyl groups is 1. The van der Waals surface area contributed by atoms with E-state index in [1.54, 1.807) is 59.6 Å². The third-order valence-corrected chi connectivity index (χ3v) is 6.56. The highest BCUT2D eigenvalue weighted by atomic mass is 19.1. The molecule has 3 aromatic carbocycles. The maximum atomic E-state index is 14.6. The maximum absolute atomic E-state index is 14.6. The molecule has 6 nitrogen and oxygen atoms in total. The Hall–Kier alpha value is -3.81. The molecule has 2 N–H and O–H groups in total. The highest BCUT2D eigenvalue weighted by Crippen LogP contribution is 2.36. The van der Waals surface area contributed by atoms with Gasteiger partial charge in [0.15, 0.2) is 0 Å². The molecule has 2 heterocycles. The Balaban J connectivity index is 1.46. The molecule has 3 aromatic rings. The van der Waals surface area contributed by atoms with Crippen LogP contribution in [0.1, 0.15) is 12.0 Å². The number of fused-ring (bicyclic) bond motifs is 1. The second-order valence-electron chi connectivity index (χ2n) is 8.78. The molecular weight excluding hydrogens is 445 g/mol. The molecule has 0 aromatic heterocycles. The average molecular weight is 472 g/mol. The summed E-state index contributed by atoms with van der Waals surface area (Å²) in [6.07, 6.45) is 3.64. The van der Waals surface area contributed by atoms with Crippen molar-refractivity contribution in [2.45, 2.75) is 31.0 Å². The average Bonchev–Trinajstić information content (AvgIpc) is 3.15.